The van der Waals surface area contributed by atoms with Crippen LogP contribution in [0.15, 0.2) is 23.6 Å². The van der Waals surface area contributed by atoms with E-state index in [1.807, 2.05) is 37.4 Å². The van der Waals surface area contributed by atoms with Crippen LogP contribution in [0.3, 0.4) is 0 Å². The lowest BCUT2D eigenvalue weighted by Gasteiger charge is -2.03. The molecule has 0 radical (unpaired) electrons. The van der Waals surface area contributed by atoms with Gasteiger partial charge in [-0.25, -0.2) is 15.0 Å². The highest BCUT2D eigenvalue weighted by atomic mass is 35.5. The van der Waals surface area contributed by atoms with E-state index in [0.29, 0.717) is 11.0 Å². The summed E-state index contributed by atoms with van der Waals surface area (Å²) in [6.07, 6.45) is 0. The standard InChI is InChI=1S/C13H10ClN3S/c1-7-3-4-10-9(5-7)12(14)17-13(16-10)11-6-18-8(2)15-11/h3-6H,1-2H3. The first-order valence-corrected chi connectivity index (χ1v) is 6.75. The molecule has 3 aromatic rings. The van der Waals surface area contributed by atoms with Gasteiger partial charge in [-0.1, -0.05) is 23.2 Å². The molecule has 0 saturated heterocycles. The highest BCUT2D eigenvalue weighted by Crippen LogP contribution is 2.26. The number of hydrogen-bond acceptors (Lipinski definition) is 4. The number of benzene rings is 1. The summed E-state index contributed by atoms with van der Waals surface area (Å²) in [6.45, 7) is 3.98. The first kappa shape index (κ1) is 11.6. The Morgan fingerprint density at radius 1 is 1.11 bits per heavy atom. The molecule has 0 N–H and O–H groups in total. The van der Waals surface area contributed by atoms with Crippen molar-refractivity contribution >= 4 is 33.8 Å². The molecule has 0 spiro atoms. The van der Waals surface area contributed by atoms with Gasteiger partial charge in [-0.05, 0) is 26.0 Å². The zero-order chi connectivity index (χ0) is 12.7. The number of halogens is 1. The maximum Gasteiger partial charge on any atom is 0.181 e. The van der Waals surface area contributed by atoms with Gasteiger partial charge in [-0.2, -0.15) is 0 Å². The predicted octanol–water partition coefficient (Wildman–Crippen LogP) is 4.02. The van der Waals surface area contributed by atoms with Crippen LogP contribution in [0, 0.1) is 13.8 Å². The molecule has 0 unspecified atom stereocenters. The van der Waals surface area contributed by atoms with Crippen molar-refractivity contribution in [2.45, 2.75) is 13.8 Å². The zero-order valence-electron chi connectivity index (χ0n) is 9.94. The minimum absolute atomic E-state index is 0.476. The van der Waals surface area contributed by atoms with Crippen LogP contribution in [0.4, 0.5) is 0 Å². The number of hydrogen-bond donors (Lipinski definition) is 0. The Bertz CT molecular complexity index is 736. The van der Waals surface area contributed by atoms with Gasteiger partial charge in [0.2, 0.25) is 0 Å². The third-order valence-corrected chi connectivity index (χ3v) is 3.71. The number of aromatic nitrogens is 3. The summed E-state index contributed by atoms with van der Waals surface area (Å²) >= 11 is 7.79. The Labute approximate surface area is 114 Å². The van der Waals surface area contributed by atoms with Crippen LogP contribution in [-0.4, -0.2) is 15.0 Å². The first-order chi connectivity index (χ1) is 8.63. The lowest BCUT2D eigenvalue weighted by Crippen LogP contribution is -1.92. The van der Waals surface area contributed by atoms with Gasteiger partial charge in [0.15, 0.2) is 5.82 Å². The number of thiazole rings is 1. The Morgan fingerprint density at radius 2 is 1.94 bits per heavy atom. The fourth-order valence-corrected chi connectivity index (χ4v) is 2.61. The molecule has 5 heteroatoms. The third-order valence-electron chi connectivity index (χ3n) is 2.65. The molecule has 0 bridgehead atoms. The largest absolute Gasteiger partial charge is 0.238 e. The summed E-state index contributed by atoms with van der Waals surface area (Å²) in [5.41, 5.74) is 2.77. The van der Waals surface area contributed by atoms with Crippen LogP contribution < -0.4 is 0 Å². The van der Waals surface area contributed by atoms with Crippen molar-refractivity contribution in [1.82, 2.24) is 15.0 Å². The molecule has 0 fully saturated rings. The van der Waals surface area contributed by atoms with E-state index in [4.69, 9.17) is 11.6 Å². The molecule has 2 heterocycles. The van der Waals surface area contributed by atoms with E-state index >= 15 is 0 Å². The van der Waals surface area contributed by atoms with Gasteiger partial charge in [0.1, 0.15) is 10.8 Å². The molecule has 2 aromatic heterocycles. The normalized spacial score (nSPS) is 11.1. The van der Waals surface area contributed by atoms with Crippen LogP contribution in [0.5, 0.6) is 0 Å². The summed E-state index contributed by atoms with van der Waals surface area (Å²) in [7, 11) is 0. The van der Waals surface area contributed by atoms with Crippen LogP contribution in [-0.2, 0) is 0 Å². The molecule has 1 aromatic carbocycles. The molecule has 90 valence electrons. The van der Waals surface area contributed by atoms with Crippen LogP contribution in [0.25, 0.3) is 22.4 Å². The van der Waals surface area contributed by atoms with Crippen molar-refractivity contribution in [2.24, 2.45) is 0 Å². The number of aryl methyl sites for hydroxylation is 2. The quantitative estimate of drug-likeness (QED) is 0.630. The molecular formula is C13H10ClN3S. The van der Waals surface area contributed by atoms with Gasteiger partial charge in [0, 0.05) is 10.8 Å². The van der Waals surface area contributed by atoms with E-state index < -0.39 is 0 Å². The summed E-state index contributed by atoms with van der Waals surface area (Å²) < 4.78 is 0. The molecule has 18 heavy (non-hydrogen) atoms. The van der Waals surface area contributed by atoms with E-state index in [1.165, 1.54) is 0 Å². The van der Waals surface area contributed by atoms with Crippen molar-refractivity contribution in [2.75, 3.05) is 0 Å². The second-order valence-electron chi connectivity index (χ2n) is 4.11. The van der Waals surface area contributed by atoms with Gasteiger partial charge >= 0.3 is 0 Å². The average Bonchev–Trinajstić information content (AvgIpc) is 2.77. The number of fused-ring (bicyclic) bond motifs is 1. The van der Waals surface area contributed by atoms with Gasteiger partial charge in [0.05, 0.1) is 10.5 Å². The van der Waals surface area contributed by atoms with E-state index in [-0.39, 0.29) is 0 Å². The second-order valence-corrected chi connectivity index (χ2v) is 5.53. The molecule has 3 nitrogen and oxygen atoms in total. The monoisotopic (exact) mass is 275 g/mol. The van der Waals surface area contributed by atoms with E-state index in [0.717, 1.165) is 27.2 Å². The summed E-state index contributed by atoms with van der Waals surface area (Å²) in [6, 6.07) is 5.97. The van der Waals surface area contributed by atoms with Crippen molar-refractivity contribution in [1.29, 1.82) is 0 Å². The van der Waals surface area contributed by atoms with Gasteiger partial charge < -0.3 is 0 Å². The van der Waals surface area contributed by atoms with Gasteiger partial charge in [-0.15, -0.1) is 11.3 Å². The SMILES string of the molecule is Cc1ccc2nc(-c3csc(C)n3)nc(Cl)c2c1. The maximum absolute atomic E-state index is 6.22. The third kappa shape index (κ3) is 1.98. The summed E-state index contributed by atoms with van der Waals surface area (Å²) in [4.78, 5) is 13.2. The Morgan fingerprint density at radius 3 is 2.67 bits per heavy atom. The van der Waals surface area contributed by atoms with Crippen molar-refractivity contribution in [3.05, 3.63) is 39.3 Å². The number of rotatable bonds is 1. The highest BCUT2D eigenvalue weighted by molar-refractivity contribution is 7.09. The smallest absolute Gasteiger partial charge is 0.181 e. The van der Waals surface area contributed by atoms with E-state index in [9.17, 15) is 0 Å². The second kappa shape index (κ2) is 4.30. The minimum Gasteiger partial charge on any atom is -0.238 e. The first-order valence-electron chi connectivity index (χ1n) is 5.50. The summed E-state index contributed by atoms with van der Waals surface area (Å²) in [5.74, 6) is 0.584. The lowest BCUT2D eigenvalue weighted by atomic mass is 10.2. The lowest BCUT2D eigenvalue weighted by molar-refractivity contribution is 1.18. The van der Waals surface area contributed by atoms with Crippen molar-refractivity contribution in [3.8, 4) is 11.5 Å². The van der Waals surface area contributed by atoms with Gasteiger partial charge in [0.25, 0.3) is 0 Å². The Balaban J connectivity index is 2.24. The molecular weight excluding hydrogens is 266 g/mol. The van der Waals surface area contributed by atoms with Crippen LogP contribution in [0.1, 0.15) is 10.6 Å². The Hall–Kier alpha value is -1.52. The summed E-state index contributed by atoms with van der Waals surface area (Å²) in [5, 5.41) is 4.30. The van der Waals surface area contributed by atoms with Crippen molar-refractivity contribution in [3.63, 3.8) is 0 Å². The average molecular weight is 276 g/mol. The molecule has 0 atom stereocenters. The predicted molar refractivity (Wildman–Crippen MR) is 75.1 cm³/mol. The molecule has 0 aliphatic heterocycles. The van der Waals surface area contributed by atoms with E-state index in [1.54, 1.807) is 11.3 Å². The molecule has 0 amide bonds. The highest BCUT2D eigenvalue weighted by Gasteiger charge is 2.10. The molecule has 0 aliphatic carbocycles. The zero-order valence-corrected chi connectivity index (χ0v) is 11.5. The fourth-order valence-electron chi connectivity index (χ4n) is 1.79. The molecule has 0 aliphatic rings. The van der Waals surface area contributed by atoms with Crippen molar-refractivity contribution < 1.29 is 0 Å². The fraction of sp³-hybridized carbons (Fsp3) is 0.154. The van der Waals surface area contributed by atoms with Crippen LogP contribution in [0.2, 0.25) is 5.15 Å². The Kier molecular flexibility index (Phi) is 2.76. The molecule has 0 saturated carbocycles. The molecule has 3 rings (SSSR count). The minimum atomic E-state index is 0.476. The number of nitrogens with zero attached hydrogens (tertiary/aromatic N) is 3. The maximum atomic E-state index is 6.22. The van der Waals surface area contributed by atoms with Gasteiger partial charge in [-0.3, -0.25) is 0 Å². The van der Waals surface area contributed by atoms with Crippen LogP contribution >= 0.6 is 22.9 Å². The van der Waals surface area contributed by atoms with E-state index in [2.05, 4.69) is 15.0 Å². The topological polar surface area (TPSA) is 38.7 Å².